The topological polar surface area (TPSA) is 23.8 Å². The lowest BCUT2D eigenvalue weighted by Gasteiger charge is -1.75. The molecule has 0 saturated carbocycles. The summed E-state index contributed by atoms with van der Waals surface area (Å²) in [5.41, 5.74) is 0. The Hall–Kier alpha value is -1.29. The third-order valence-corrected chi connectivity index (χ3v) is 0.925. The van der Waals surface area contributed by atoms with E-state index in [0.717, 1.165) is 0 Å². The van der Waals surface area contributed by atoms with Crippen molar-refractivity contribution in [1.82, 2.24) is 0 Å². The molecule has 1 aromatic carbocycles. The van der Waals surface area contributed by atoms with Crippen LogP contribution in [0.4, 0.5) is 0 Å². The number of benzene rings is 1. The predicted molar refractivity (Wildman–Crippen MR) is 46.9 cm³/mol. The first-order chi connectivity index (χ1) is 5.27. The fourth-order valence-corrected chi connectivity index (χ4v) is 0.385. The summed E-state index contributed by atoms with van der Waals surface area (Å²) >= 11 is 0. The fourth-order valence-electron chi connectivity index (χ4n) is 0.385. The Morgan fingerprint density at radius 3 is 1.18 bits per heavy atom. The number of rotatable bonds is 0. The summed E-state index contributed by atoms with van der Waals surface area (Å²) in [7, 11) is 0. The first-order valence-corrected chi connectivity index (χ1v) is 3.67. The van der Waals surface area contributed by atoms with Crippen LogP contribution >= 0.6 is 0 Å². The van der Waals surface area contributed by atoms with Crippen LogP contribution in [0.1, 0.15) is 13.8 Å². The van der Waals surface area contributed by atoms with Gasteiger partial charge in [0.15, 0.2) is 0 Å². The Bertz CT molecular complexity index is 169. The molecule has 0 amide bonds. The minimum atomic E-state index is 0.190. The Balaban J connectivity index is 0.000000187. The summed E-state index contributed by atoms with van der Waals surface area (Å²) < 4.78 is 0. The molecule has 0 radical (unpaired) electrons. The maximum atomic E-state index is 7.89. The summed E-state index contributed by atoms with van der Waals surface area (Å²) in [4.78, 5) is 0. The van der Waals surface area contributed by atoms with Crippen molar-refractivity contribution in [2.75, 3.05) is 0 Å². The van der Waals surface area contributed by atoms with Crippen LogP contribution in [-0.2, 0) is 0 Å². The molecule has 1 aromatic rings. The summed E-state index contributed by atoms with van der Waals surface area (Å²) in [6.45, 7) is 3.72. The van der Waals surface area contributed by atoms with E-state index in [4.69, 9.17) is 5.26 Å². The molecular formula is C10H13N. The van der Waals surface area contributed by atoms with Crippen LogP contribution in [0.3, 0.4) is 0 Å². The van der Waals surface area contributed by atoms with E-state index in [1.807, 2.05) is 56.3 Å². The quantitative estimate of drug-likeness (QED) is 0.553. The van der Waals surface area contributed by atoms with Crippen LogP contribution < -0.4 is 0 Å². The van der Waals surface area contributed by atoms with Gasteiger partial charge < -0.3 is 0 Å². The van der Waals surface area contributed by atoms with Gasteiger partial charge in [0.2, 0.25) is 0 Å². The number of hydrogen-bond donors (Lipinski definition) is 0. The molecule has 1 nitrogen and oxygen atoms in total. The van der Waals surface area contributed by atoms with Crippen molar-refractivity contribution in [2.24, 2.45) is 5.92 Å². The number of hydrogen-bond acceptors (Lipinski definition) is 1. The molecule has 0 heterocycles. The monoisotopic (exact) mass is 147 g/mol. The molecule has 0 atom stereocenters. The molecule has 0 spiro atoms. The van der Waals surface area contributed by atoms with E-state index in [2.05, 4.69) is 0 Å². The smallest absolute Gasteiger partial charge is 0.0649 e. The van der Waals surface area contributed by atoms with Crippen molar-refractivity contribution in [1.29, 1.82) is 5.26 Å². The van der Waals surface area contributed by atoms with Crippen LogP contribution in [-0.4, -0.2) is 0 Å². The fraction of sp³-hybridized carbons (Fsp3) is 0.300. The molecule has 1 heteroatoms. The van der Waals surface area contributed by atoms with Gasteiger partial charge in [-0.3, -0.25) is 0 Å². The van der Waals surface area contributed by atoms with Gasteiger partial charge in [0.25, 0.3) is 0 Å². The van der Waals surface area contributed by atoms with Gasteiger partial charge in [0, 0.05) is 5.92 Å². The summed E-state index contributed by atoms with van der Waals surface area (Å²) in [6.07, 6.45) is 0. The highest BCUT2D eigenvalue weighted by Crippen LogP contribution is 1.82. The van der Waals surface area contributed by atoms with Crippen molar-refractivity contribution < 1.29 is 0 Å². The van der Waals surface area contributed by atoms with Crippen LogP contribution in [0.5, 0.6) is 0 Å². The molecule has 0 aliphatic heterocycles. The van der Waals surface area contributed by atoms with Gasteiger partial charge in [0.05, 0.1) is 6.07 Å². The Labute approximate surface area is 68.3 Å². The third-order valence-electron chi connectivity index (χ3n) is 0.925. The molecular weight excluding hydrogens is 134 g/mol. The Kier molecular flexibility index (Phi) is 6.02. The first kappa shape index (κ1) is 9.71. The van der Waals surface area contributed by atoms with Gasteiger partial charge in [-0.05, 0) is 13.8 Å². The maximum absolute atomic E-state index is 7.89. The summed E-state index contributed by atoms with van der Waals surface area (Å²) in [5.74, 6) is 0.190. The lowest BCUT2D eigenvalue weighted by Crippen LogP contribution is -1.72. The highest BCUT2D eigenvalue weighted by molar-refractivity contribution is 4.99. The van der Waals surface area contributed by atoms with Crippen LogP contribution in [0.25, 0.3) is 0 Å². The minimum Gasteiger partial charge on any atom is -0.198 e. The zero-order valence-corrected chi connectivity index (χ0v) is 6.99. The zero-order chi connectivity index (χ0) is 8.53. The third kappa shape index (κ3) is 8.71. The summed E-state index contributed by atoms with van der Waals surface area (Å²) in [6, 6.07) is 14.0. The van der Waals surface area contributed by atoms with E-state index in [0.29, 0.717) is 0 Å². The minimum absolute atomic E-state index is 0.190. The molecule has 1 rings (SSSR count). The van der Waals surface area contributed by atoms with E-state index < -0.39 is 0 Å². The van der Waals surface area contributed by atoms with E-state index in [-0.39, 0.29) is 5.92 Å². The average molecular weight is 147 g/mol. The van der Waals surface area contributed by atoms with Gasteiger partial charge in [-0.15, -0.1) is 0 Å². The van der Waals surface area contributed by atoms with E-state index in [1.165, 1.54) is 0 Å². The van der Waals surface area contributed by atoms with Crippen LogP contribution in [0.15, 0.2) is 36.4 Å². The highest BCUT2D eigenvalue weighted by Gasteiger charge is 1.78. The van der Waals surface area contributed by atoms with Crippen molar-refractivity contribution >= 4 is 0 Å². The molecule has 11 heavy (non-hydrogen) atoms. The lowest BCUT2D eigenvalue weighted by molar-refractivity contribution is 0.849. The second-order valence-electron chi connectivity index (χ2n) is 2.44. The average Bonchev–Trinajstić information content (AvgIpc) is 2.09. The molecule has 0 bridgehead atoms. The van der Waals surface area contributed by atoms with Crippen LogP contribution in [0, 0.1) is 17.2 Å². The van der Waals surface area contributed by atoms with Crippen molar-refractivity contribution in [3.05, 3.63) is 36.4 Å². The molecule has 58 valence electrons. The Morgan fingerprint density at radius 2 is 1.09 bits per heavy atom. The molecule has 0 aliphatic carbocycles. The van der Waals surface area contributed by atoms with Gasteiger partial charge >= 0.3 is 0 Å². The van der Waals surface area contributed by atoms with Gasteiger partial charge in [0.1, 0.15) is 0 Å². The predicted octanol–water partition coefficient (Wildman–Crippen LogP) is 2.85. The number of nitriles is 1. The molecule has 0 unspecified atom stereocenters. The largest absolute Gasteiger partial charge is 0.198 e. The molecule has 0 saturated heterocycles. The standard InChI is InChI=1S/C6H6.C4H7N/c1-2-4-6-5-3-1;1-4(2)3-5/h1-6H;4H,1-2H3. The Morgan fingerprint density at radius 1 is 0.909 bits per heavy atom. The SMILES string of the molecule is CC(C)C#N.c1ccccc1. The summed E-state index contributed by atoms with van der Waals surface area (Å²) in [5, 5.41) is 7.89. The second kappa shape index (κ2) is 6.82. The van der Waals surface area contributed by atoms with Gasteiger partial charge in [-0.2, -0.15) is 5.26 Å². The van der Waals surface area contributed by atoms with E-state index in [9.17, 15) is 0 Å². The maximum Gasteiger partial charge on any atom is 0.0649 e. The van der Waals surface area contributed by atoms with Crippen LogP contribution in [0.2, 0.25) is 0 Å². The first-order valence-electron chi connectivity index (χ1n) is 3.67. The lowest BCUT2D eigenvalue weighted by atomic mass is 10.3. The van der Waals surface area contributed by atoms with E-state index >= 15 is 0 Å². The van der Waals surface area contributed by atoms with Gasteiger partial charge in [-0.25, -0.2) is 0 Å². The van der Waals surface area contributed by atoms with Crippen molar-refractivity contribution in [3.63, 3.8) is 0 Å². The van der Waals surface area contributed by atoms with E-state index in [1.54, 1.807) is 0 Å². The van der Waals surface area contributed by atoms with Crippen molar-refractivity contribution in [3.8, 4) is 6.07 Å². The normalized spacial score (nSPS) is 7.82. The van der Waals surface area contributed by atoms with Gasteiger partial charge in [-0.1, -0.05) is 36.4 Å². The second-order valence-corrected chi connectivity index (χ2v) is 2.44. The zero-order valence-electron chi connectivity index (χ0n) is 6.99. The van der Waals surface area contributed by atoms with Crippen molar-refractivity contribution in [2.45, 2.75) is 13.8 Å². The number of nitrogens with zero attached hydrogens (tertiary/aromatic N) is 1. The molecule has 0 N–H and O–H groups in total. The highest BCUT2D eigenvalue weighted by atomic mass is 14.2. The molecule has 0 fully saturated rings. The molecule has 0 aliphatic rings. The molecule has 0 aromatic heterocycles.